The maximum atomic E-state index is 13.4. The van der Waals surface area contributed by atoms with Crippen LogP contribution in [-0.2, 0) is 14.3 Å². The average Bonchev–Trinajstić information content (AvgIpc) is 2.62. The number of anilines is 1. The number of nitrogens with one attached hydrogen (secondary N) is 1. The molecule has 140 valence electrons. The molecule has 0 aliphatic carbocycles. The van der Waals surface area contributed by atoms with E-state index in [4.69, 9.17) is 4.74 Å². The summed E-state index contributed by atoms with van der Waals surface area (Å²) in [5, 5.41) is 2.55. The van der Waals surface area contributed by atoms with E-state index in [1.54, 1.807) is 12.1 Å². The predicted octanol–water partition coefficient (Wildman–Crippen LogP) is 3.68. The topological polar surface area (TPSA) is 72.5 Å². The number of hydrogen-bond acceptors (Lipinski definition) is 4. The van der Waals surface area contributed by atoms with E-state index < -0.39 is 29.7 Å². The fraction of sp³-hybridized carbons (Fsp3) is 0.286. The Kier molecular flexibility index (Phi) is 5.08. The number of halogens is 1. The molecule has 0 fully saturated rings. The molecule has 5 nitrogen and oxygen atoms in total. The lowest BCUT2D eigenvalue weighted by molar-refractivity contribution is -0.149. The average molecular weight is 369 g/mol. The van der Waals surface area contributed by atoms with Crippen molar-refractivity contribution in [3.8, 4) is 0 Å². The van der Waals surface area contributed by atoms with Crippen LogP contribution in [0.15, 0.2) is 36.4 Å². The molecule has 0 saturated carbocycles. The fourth-order valence-corrected chi connectivity index (χ4v) is 3.09. The molecule has 1 aliphatic heterocycles. The van der Waals surface area contributed by atoms with Gasteiger partial charge in [0.25, 0.3) is 0 Å². The molecule has 1 N–H and O–H groups in total. The largest absolute Gasteiger partial charge is 0.454 e. The molecular weight excluding hydrogens is 349 g/mol. The van der Waals surface area contributed by atoms with Gasteiger partial charge in [0.2, 0.25) is 11.7 Å². The van der Waals surface area contributed by atoms with Gasteiger partial charge >= 0.3 is 5.97 Å². The lowest BCUT2D eigenvalue weighted by atomic mass is 9.90. The number of aryl methyl sites for hydroxylation is 2. The molecular formula is C21H20FNO4. The molecule has 1 heterocycles. The van der Waals surface area contributed by atoms with Gasteiger partial charge in [-0.05, 0) is 55.7 Å². The van der Waals surface area contributed by atoms with Crippen LogP contribution in [0, 0.1) is 19.7 Å². The number of ketones is 1. The van der Waals surface area contributed by atoms with Crippen LogP contribution in [0.1, 0.15) is 46.3 Å². The zero-order valence-corrected chi connectivity index (χ0v) is 15.3. The van der Waals surface area contributed by atoms with E-state index in [1.165, 1.54) is 19.1 Å². The summed E-state index contributed by atoms with van der Waals surface area (Å²) in [7, 11) is 0. The van der Waals surface area contributed by atoms with Crippen molar-refractivity contribution in [3.05, 3.63) is 64.5 Å². The molecule has 27 heavy (non-hydrogen) atoms. The quantitative estimate of drug-likeness (QED) is 0.659. The second-order valence-electron chi connectivity index (χ2n) is 6.78. The highest BCUT2D eigenvalue weighted by Crippen LogP contribution is 2.34. The third-order valence-corrected chi connectivity index (χ3v) is 4.79. The van der Waals surface area contributed by atoms with Gasteiger partial charge in [0.15, 0.2) is 6.10 Å². The Hall–Kier alpha value is -3.02. The van der Waals surface area contributed by atoms with Crippen molar-refractivity contribution < 1.29 is 23.5 Å². The smallest absolute Gasteiger partial charge is 0.314 e. The number of Topliss-reactive ketones (excluding diaryl/α,β-unsaturated/α-hetero) is 1. The summed E-state index contributed by atoms with van der Waals surface area (Å²) >= 11 is 0. The van der Waals surface area contributed by atoms with Gasteiger partial charge in [0.05, 0.1) is 5.92 Å². The summed E-state index contributed by atoms with van der Waals surface area (Å²) in [4.78, 5) is 37.0. The van der Waals surface area contributed by atoms with Crippen LogP contribution in [0.5, 0.6) is 0 Å². The van der Waals surface area contributed by atoms with Crippen LogP contribution in [0.3, 0.4) is 0 Å². The van der Waals surface area contributed by atoms with Crippen molar-refractivity contribution in [1.82, 2.24) is 0 Å². The Labute approximate surface area is 156 Å². The third kappa shape index (κ3) is 3.89. The number of fused-ring (bicyclic) bond motifs is 1. The Morgan fingerprint density at radius 2 is 1.89 bits per heavy atom. The Bertz CT molecular complexity index is 938. The highest BCUT2D eigenvalue weighted by Gasteiger charge is 2.34. The maximum absolute atomic E-state index is 13.4. The van der Waals surface area contributed by atoms with E-state index in [0.717, 1.165) is 17.2 Å². The third-order valence-electron chi connectivity index (χ3n) is 4.79. The molecule has 6 heteroatoms. The minimum atomic E-state index is -0.992. The van der Waals surface area contributed by atoms with Crippen LogP contribution >= 0.6 is 0 Å². The summed E-state index contributed by atoms with van der Waals surface area (Å²) in [6, 6.07) is 9.13. The molecule has 0 saturated heterocycles. The van der Waals surface area contributed by atoms with Gasteiger partial charge in [-0.2, -0.15) is 0 Å². The molecule has 0 spiro atoms. The second kappa shape index (κ2) is 7.31. The minimum Gasteiger partial charge on any atom is -0.454 e. The van der Waals surface area contributed by atoms with Gasteiger partial charge < -0.3 is 10.1 Å². The van der Waals surface area contributed by atoms with Gasteiger partial charge in [-0.3, -0.25) is 14.4 Å². The molecule has 2 aromatic carbocycles. The number of benzene rings is 2. The normalized spacial score (nSPS) is 16.9. The van der Waals surface area contributed by atoms with Crippen molar-refractivity contribution in [2.24, 2.45) is 0 Å². The van der Waals surface area contributed by atoms with E-state index in [9.17, 15) is 18.8 Å². The van der Waals surface area contributed by atoms with Gasteiger partial charge in [0.1, 0.15) is 5.82 Å². The van der Waals surface area contributed by atoms with E-state index >= 15 is 0 Å². The molecule has 0 radical (unpaired) electrons. The van der Waals surface area contributed by atoms with Crippen LogP contribution in [-0.4, -0.2) is 23.8 Å². The van der Waals surface area contributed by atoms with Gasteiger partial charge in [-0.25, -0.2) is 4.39 Å². The first-order valence-corrected chi connectivity index (χ1v) is 8.67. The van der Waals surface area contributed by atoms with Crippen LogP contribution < -0.4 is 5.32 Å². The number of carbonyl (C=O) groups excluding carboxylic acids is 3. The van der Waals surface area contributed by atoms with Crippen molar-refractivity contribution in [3.63, 3.8) is 0 Å². The molecule has 0 bridgehead atoms. The molecule has 3 rings (SSSR count). The van der Waals surface area contributed by atoms with Crippen LogP contribution in [0.4, 0.5) is 10.1 Å². The number of ether oxygens (including phenoxy) is 1. The lowest BCUT2D eigenvalue weighted by Gasteiger charge is -2.25. The predicted molar refractivity (Wildman–Crippen MR) is 98.2 cm³/mol. The molecule has 1 amide bonds. The van der Waals surface area contributed by atoms with Crippen molar-refractivity contribution in [1.29, 1.82) is 0 Å². The maximum Gasteiger partial charge on any atom is 0.314 e. The number of rotatable bonds is 4. The van der Waals surface area contributed by atoms with Gasteiger partial charge in [-0.15, -0.1) is 0 Å². The first-order chi connectivity index (χ1) is 12.8. The first kappa shape index (κ1) is 18.8. The van der Waals surface area contributed by atoms with Crippen LogP contribution in [0.2, 0.25) is 0 Å². The first-order valence-electron chi connectivity index (χ1n) is 8.67. The summed E-state index contributed by atoms with van der Waals surface area (Å²) in [5.41, 5.74) is 3.22. The number of carbonyl (C=O) groups is 3. The number of esters is 1. The summed E-state index contributed by atoms with van der Waals surface area (Å²) in [5.74, 6) is -2.78. The van der Waals surface area contributed by atoms with Crippen molar-refractivity contribution in [2.45, 2.75) is 39.2 Å². The summed E-state index contributed by atoms with van der Waals surface area (Å²) < 4.78 is 18.8. The molecule has 2 aromatic rings. The van der Waals surface area contributed by atoms with E-state index in [-0.39, 0.29) is 17.9 Å². The van der Waals surface area contributed by atoms with Crippen molar-refractivity contribution >= 4 is 23.3 Å². The highest BCUT2D eigenvalue weighted by molar-refractivity contribution is 6.02. The zero-order chi connectivity index (χ0) is 19.7. The Balaban J connectivity index is 1.78. The molecule has 2 unspecified atom stereocenters. The van der Waals surface area contributed by atoms with Crippen molar-refractivity contribution in [2.75, 3.05) is 5.32 Å². The summed E-state index contributed by atoms with van der Waals surface area (Å²) in [6.45, 7) is 5.35. The number of hydrogen-bond donors (Lipinski definition) is 1. The Morgan fingerprint density at radius 3 is 2.59 bits per heavy atom. The molecule has 1 aliphatic rings. The second-order valence-corrected chi connectivity index (χ2v) is 6.78. The Morgan fingerprint density at radius 1 is 1.15 bits per heavy atom. The highest BCUT2D eigenvalue weighted by atomic mass is 19.1. The van der Waals surface area contributed by atoms with Gasteiger partial charge in [-0.1, -0.05) is 18.2 Å². The molecule has 2 atom stereocenters. The fourth-order valence-electron chi connectivity index (χ4n) is 3.09. The van der Waals surface area contributed by atoms with Crippen LogP contribution in [0.25, 0.3) is 0 Å². The zero-order valence-electron chi connectivity index (χ0n) is 15.3. The van der Waals surface area contributed by atoms with E-state index in [2.05, 4.69) is 5.32 Å². The molecule has 0 aromatic heterocycles. The monoisotopic (exact) mass is 369 g/mol. The standard InChI is InChI=1S/C21H20FNO4/c1-11-4-5-14(8-12(11)2)20(25)13(3)27-21(26)17-10-19(24)23-18-9-15(22)6-7-16(17)18/h4-9,13,17H,10H2,1-3H3,(H,23,24). The SMILES string of the molecule is Cc1ccc(C(=O)C(C)OC(=O)C2CC(=O)Nc3cc(F)ccc32)cc1C. The minimum absolute atomic E-state index is 0.109. The lowest BCUT2D eigenvalue weighted by Crippen LogP contribution is -2.32. The number of amides is 1. The summed E-state index contributed by atoms with van der Waals surface area (Å²) in [6.07, 6.45) is -1.10. The van der Waals surface area contributed by atoms with E-state index in [0.29, 0.717) is 11.1 Å². The van der Waals surface area contributed by atoms with Gasteiger partial charge in [0, 0.05) is 17.7 Å². The van der Waals surface area contributed by atoms with E-state index in [1.807, 2.05) is 19.9 Å².